The van der Waals surface area contributed by atoms with Crippen molar-refractivity contribution in [3.05, 3.63) is 17.0 Å². The molecule has 0 radical (unpaired) electrons. The van der Waals surface area contributed by atoms with Crippen LogP contribution in [-0.2, 0) is 0 Å². The van der Waals surface area contributed by atoms with Crippen LogP contribution in [0.4, 0.5) is 5.82 Å². The highest BCUT2D eigenvalue weighted by atomic mass is 79.9. The first-order chi connectivity index (χ1) is 7.08. The van der Waals surface area contributed by atoms with Crippen molar-refractivity contribution in [2.75, 3.05) is 23.7 Å². The summed E-state index contributed by atoms with van der Waals surface area (Å²) in [6.45, 7) is 6.65. The van der Waals surface area contributed by atoms with E-state index in [0.29, 0.717) is 4.75 Å². The van der Waals surface area contributed by atoms with Crippen molar-refractivity contribution < 1.29 is 0 Å². The Hall–Kier alpha value is -0.290. The summed E-state index contributed by atoms with van der Waals surface area (Å²) in [6, 6.07) is 0. The summed E-state index contributed by atoms with van der Waals surface area (Å²) >= 11 is 5.52. The zero-order chi connectivity index (χ0) is 10.9. The molecular formula is C10H14BrN3S. The first-order valence-electron chi connectivity index (χ1n) is 4.93. The highest BCUT2D eigenvalue weighted by molar-refractivity contribution is 9.10. The highest BCUT2D eigenvalue weighted by Crippen LogP contribution is 2.33. The fourth-order valence-corrected chi connectivity index (χ4v) is 3.32. The minimum atomic E-state index is 0.308. The van der Waals surface area contributed by atoms with Crippen LogP contribution in [0.25, 0.3) is 0 Å². The maximum absolute atomic E-state index is 4.33. The molecule has 1 fully saturated rings. The molecule has 0 aliphatic carbocycles. The van der Waals surface area contributed by atoms with Crippen LogP contribution in [-0.4, -0.2) is 33.6 Å². The van der Waals surface area contributed by atoms with E-state index >= 15 is 0 Å². The van der Waals surface area contributed by atoms with Crippen LogP contribution in [0, 0.1) is 0 Å². The zero-order valence-corrected chi connectivity index (χ0v) is 11.3. The van der Waals surface area contributed by atoms with E-state index in [4.69, 9.17) is 0 Å². The molecule has 0 amide bonds. The van der Waals surface area contributed by atoms with Gasteiger partial charge in [-0.05, 0) is 29.8 Å². The smallest absolute Gasteiger partial charge is 0.146 e. The van der Waals surface area contributed by atoms with Gasteiger partial charge in [0.05, 0.1) is 4.47 Å². The molecule has 5 heteroatoms. The molecule has 0 saturated carbocycles. The SMILES string of the molecule is CC1(C)CN(c2ncncc2Br)CCS1. The second-order valence-corrected chi connectivity index (χ2v) is 6.88. The molecule has 1 aliphatic heterocycles. The molecule has 2 heterocycles. The van der Waals surface area contributed by atoms with Crippen LogP contribution in [0.1, 0.15) is 13.8 Å². The fraction of sp³-hybridized carbons (Fsp3) is 0.600. The number of thioether (sulfide) groups is 1. The summed E-state index contributed by atoms with van der Waals surface area (Å²) in [6.07, 6.45) is 3.41. The van der Waals surface area contributed by atoms with E-state index in [9.17, 15) is 0 Å². The van der Waals surface area contributed by atoms with Gasteiger partial charge in [-0.3, -0.25) is 0 Å². The Morgan fingerprint density at radius 3 is 3.00 bits per heavy atom. The van der Waals surface area contributed by atoms with Crippen LogP contribution >= 0.6 is 27.7 Å². The Morgan fingerprint density at radius 2 is 2.33 bits per heavy atom. The van der Waals surface area contributed by atoms with E-state index in [2.05, 4.69) is 44.6 Å². The Balaban J connectivity index is 2.21. The molecule has 1 aromatic rings. The Kier molecular flexibility index (Phi) is 3.21. The van der Waals surface area contributed by atoms with E-state index in [0.717, 1.165) is 29.1 Å². The van der Waals surface area contributed by atoms with Crippen molar-refractivity contribution in [2.24, 2.45) is 0 Å². The van der Waals surface area contributed by atoms with Gasteiger partial charge in [0.25, 0.3) is 0 Å². The van der Waals surface area contributed by atoms with Gasteiger partial charge in [0.1, 0.15) is 12.1 Å². The molecule has 0 aromatic carbocycles. The van der Waals surface area contributed by atoms with E-state index in [1.54, 1.807) is 12.5 Å². The summed E-state index contributed by atoms with van der Waals surface area (Å²) in [5.41, 5.74) is 0. The number of nitrogens with zero attached hydrogens (tertiary/aromatic N) is 3. The first kappa shape index (κ1) is 11.2. The van der Waals surface area contributed by atoms with Crippen molar-refractivity contribution in [3.63, 3.8) is 0 Å². The van der Waals surface area contributed by atoms with Crippen molar-refractivity contribution >= 4 is 33.5 Å². The first-order valence-corrected chi connectivity index (χ1v) is 6.71. The standard InChI is InChI=1S/C10H14BrN3S/c1-10(2)6-14(3-4-15-10)9-8(11)5-12-7-13-9/h5,7H,3-4,6H2,1-2H3. The normalized spacial score (nSPS) is 20.3. The Morgan fingerprint density at radius 1 is 1.53 bits per heavy atom. The second kappa shape index (κ2) is 4.29. The third kappa shape index (κ3) is 2.64. The number of anilines is 1. The third-order valence-electron chi connectivity index (χ3n) is 2.37. The molecule has 0 unspecified atom stereocenters. The van der Waals surface area contributed by atoms with Crippen LogP contribution in [0.15, 0.2) is 17.0 Å². The number of halogens is 1. The van der Waals surface area contributed by atoms with Crippen molar-refractivity contribution in [1.29, 1.82) is 0 Å². The van der Waals surface area contributed by atoms with Gasteiger partial charge in [0.15, 0.2) is 0 Å². The quantitative estimate of drug-likeness (QED) is 0.794. The van der Waals surface area contributed by atoms with Gasteiger partial charge in [-0.1, -0.05) is 0 Å². The average Bonchev–Trinajstić information content (AvgIpc) is 2.17. The van der Waals surface area contributed by atoms with E-state index < -0.39 is 0 Å². The molecule has 3 nitrogen and oxygen atoms in total. The van der Waals surface area contributed by atoms with Crippen LogP contribution in [0.5, 0.6) is 0 Å². The molecule has 1 aromatic heterocycles. The molecule has 15 heavy (non-hydrogen) atoms. The lowest BCUT2D eigenvalue weighted by Gasteiger charge is -2.38. The molecule has 2 rings (SSSR count). The number of hydrogen-bond acceptors (Lipinski definition) is 4. The molecular weight excluding hydrogens is 274 g/mol. The minimum absolute atomic E-state index is 0.308. The molecule has 0 bridgehead atoms. The molecule has 1 saturated heterocycles. The van der Waals surface area contributed by atoms with Crippen molar-refractivity contribution in [3.8, 4) is 0 Å². The number of aromatic nitrogens is 2. The van der Waals surface area contributed by atoms with E-state index in [1.807, 2.05) is 11.8 Å². The van der Waals surface area contributed by atoms with Crippen molar-refractivity contribution in [1.82, 2.24) is 9.97 Å². The molecule has 0 N–H and O–H groups in total. The lowest BCUT2D eigenvalue weighted by molar-refractivity contribution is 0.640. The largest absolute Gasteiger partial charge is 0.353 e. The molecule has 82 valence electrons. The van der Waals surface area contributed by atoms with Gasteiger partial charge in [-0.15, -0.1) is 0 Å². The Labute approximate surface area is 103 Å². The monoisotopic (exact) mass is 287 g/mol. The van der Waals surface area contributed by atoms with Gasteiger partial charge in [0, 0.05) is 29.8 Å². The second-order valence-electron chi connectivity index (χ2n) is 4.22. The molecule has 0 spiro atoms. The van der Waals surface area contributed by atoms with Crippen LogP contribution < -0.4 is 4.90 Å². The van der Waals surface area contributed by atoms with Gasteiger partial charge in [-0.25, -0.2) is 9.97 Å². The lowest BCUT2D eigenvalue weighted by atomic mass is 10.2. The lowest BCUT2D eigenvalue weighted by Crippen LogP contribution is -2.43. The minimum Gasteiger partial charge on any atom is -0.353 e. The van der Waals surface area contributed by atoms with Gasteiger partial charge in [-0.2, -0.15) is 11.8 Å². The van der Waals surface area contributed by atoms with E-state index in [-0.39, 0.29) is 0 Å². The highest BCUT2D eigenvalue weighted by Gasteiger charge is 2.28. The predicted octanol–water partition coefficient (Wildman–Crippen LogP) is 2.57. The van der Waals surface area contributed by atoms with E-state index in [1.165, 1.54) is 0 Å². The molecule has 0 atom stereocenters. The summed E-state index contributed by atoms with van der Waals surface area (Å²) in [4.78, 5) is 10.6. The summed E-state index contributed by atoms with van der Waals surface area (Å²) < 4.78 is 1.29. The topological polar surface area (TPSA) is 29.0 Å². The summed E-state index contributed by atoms with van der Waals surface area (Å²) in [5, 5.41) is 0. The van der Waals surface area contributed by atoms with Gasteiger partial charge < -0.3 is 4.90 Å². The zero-order valence-electron chi connectivity index (χ0n) is 8.90. The summed E-state index contributed by atoms with van der Waals surface area (Å²) in [7, 11) is 0. The third-order valence-corrected chi connectivity index (χ3v) is 4.23. The molecule has 1 aliphatic rings. The fourth-order valence-electron chi connectivity index (χ4n) is 1.74. The number of rotatable bonds is 1. The average molecular weight is 288 g/mol. The van der Waals surface area contributed by atoms with Crippen LogP contribution in [0.3, 0.4) is 0 Å². The van der Waals surface area contributed by atoms with Gasteiger partial charge >= 0.3 is 0 Å². The number of hydrogen-bond donors (Lipinski definition) is 0. The Bertz CT molecular complexity index is 356. The predicted molar refractivity (Wildman–Crippen MR) is 68.5 cm³/mol. The maximum Gasteiger partial charge on any atom is 0.146 e. The van der Waals surface area contributed by atoms with Gasteiger partial charge in [0.2, 0.25) is 0 Å². The maximum atomic E-state index is 4.33. The van der Waals surface area contributed by atoms with Crippen LogP contribution in [0.2, 0.25) is 0 Å². The van der Waals surface area contributed by atoms with Crippen molar-refractivity contribution in [2.45, 2.75) is 18.6 Å². The summed E-state index contributed by atoms with van der Waals surface area (Å²) in [5.74, 6) is 2.17.